The molecule has 1 heterocycles. The summed E-state index contributed by atoms with van der Waals surface area (Å²) in [6.45, 7) is 0. The minimum Gasteiger partial charge on any atom is -0.504 e. The van der Waals surface area contributed by atoms with Gasteiger partial charge in [0.05, 0.1) is 11.1 Å². The quantitative estimate of drug-likeness (QED) is 0.765. The zero-order valence-electron chi connectivity index (χ0n) is 7.39. The Labute approximate surface area is 85.8 Å². The lowest BCUT2D eigenvalue weighted by Crippen LogP contribution is -2.11. The van der Waals surface area contributed by atoms with E-state index in [1.54, 1.807) is 0 Å². The molecule has 1 aromatic heterocycles. The summed E-state index contributed by atoms with van der Waals surface area (Å²) in [7, 11) is 0. The summed E-state index contributed by atoms with van der Waals surface area (Å²) >= 11 is 0. The fourth-order valence-corrected chi connectivity index (χ4v) is 1.04. The molecule has 3 nitrogen and oxygen atoms in total. The van der Waals surface area contributed by atoms with Gasteiger partial charge in [-0.25, -0.2) is 13.8 Å². The third-order valence-corrected chi connectivity index (χ3v) is 1.72. The van der Waals surface area contributed by atoms with Crippen LogP contribution in [0, 0.1) is 11.3 Å². The molecule has 86 valence electrons. The maximum atomic E-state index is 12.3. The van der Waals surface area contributed by atoms with Gasteiger partial charge in [-0.1, -0.05) is 0 Å². The molecule has 0 radical (unpaired) electrons. The van der Waals surface area contributed by atoms with Gasteiger partial charge in [0.25, 0.3) is 6.43 Å². The molecule has 0 saturated carbocycles. The van der Waals surface area contributed by atoms with Crippen molar-refractivity contribution in [3.8, 4) is 11.8 Å². The molecule has 1 N–H and O–H groups in total. The number of aromatic hydroxyl groups is 1. The normalized spacial score (nSPS) is 11.6. The number of halogens is 5. The molecule has 1 aromatic rings. The van der Waals surface area contributed by atoms with Crippen molar-refractivity contribution in [2.45, 2.75) is 12.6 Å². The molecule has 0 aliphatic rings. The molecule has 0 aliphatic heterocycles. The van der Waals surface area contributed by atoms with Crippen LogP contribution in [0.2, 0.25) is 0 Å². The van der Waals surface area contributed by atoms with Crippen molar-refractivity contribution >= 4 is 0 Å². The molecule has 0 bridgehead atoms. The van der Waals surface area contributed by atoms with Gasteiger partial charge in [-0.15, -0.1) is 0 Å². The molecule has 8 heteroatoms. The maximum Gasteiger partial charge on any atom is 0.418 e. The lowest BCUT2D eigenvalue weighted by Gasteiger charge is -2.13. The minimum atomic E-state index is -5.07. The molecule has 0 fully saturated rings. The molecule has 16 heavy (non-hydrogen) atoms. The standard InChI is InChI=1S/C8H3F5N2O/c9-7(10)5-3(8(11,12)13)2-15-4(1-14)6(5)16/h2,7,16H. The predicted molar refractivity (Wildman–Crippen MR) is 40.6 cm³/mol. The Morgan fingerprint density at radius 1 is 1.38 bits per heavy atom. The van der Waals surface area contributed by atoms with E-state index in [9.17, 15) is 22.0 Å². The monoisotopic (exact) mass is 238 g/mol. The van der Waals surface area contributed by atoms with E-state index < -0.39 is 35.2 Å². The van der Waals surface area contributed by atoms with Gasteiger partial charge in [0, 0.05) is 6.20 Å². The number of nitriles is 1. The van der Waals surface area contributed by atoms with Crippen molar-refractivity contribution in [3.63, 3.8) is 0 Å². The summed E-state index contributed by atoms with van der Waals surface area (Å²) in [6, 6.07) is 1.21. The first-order valence-electron chi connectivity index (χ1n) is 3.76. The van der Waals surface area contributed by atoms with E-state index in [0.717, 1.165) is 0 Å². The largest absolute Gasteiger partial charge is 0.504 e. The summed E-state index contributed by atoms with van der Waals surface area (Å²) < 4.78 is 61.4. The zero-order valence-corrected chi connectivity index (χ0v) is 7.39. The van der Waals surface area contributed by atoms with Crippen LogP contribution in [0.15, 0.2) is 6.20 Å². The molecule has 1 rings (SSSR count). The highest BCUT2D eigenvalue weighted by Gasteiger charge is 2.38. The average Bonchev–Trinajstić information content (AvgIpc) is 2.15. The highest BCUT2D eigenvalue weighted by Crippen LogP contribution is 2.40. The molecular formula is C8H3F5N2O. The third kappa shape index (κ3) is 2.03. The lowest BCUT2D eigenvalue weighted by molar-refractivity contribution is -0.140. The summed E-state index contributed by atoms with van der Waals surface area (Å²) in [6.07, 6.45) is -8.52. The molecule has 0 amide bonds. The molecule has 0 aliphatic carbocycles. The number of hydrogen-bond donors (Lipinski definition) is 1. The van der Waals surface area contributed by atoms with E-state index in [1.165, 1.54) is 6.07 Å². The zero-order chi connectivity index (χ0) is 12.5. The SMILES string of the molecule is N#Cc1ncc(C(F)(F)F)c(C(F)F)c1O. The predicted octanol–water partition coefficient (Wildman–Crippen LogP) is 2.62. The first-order valence-corrected chi connectivity index (χ1v) is 3.76. The van der Waals surface area contributed by atoms with Gasteiger partial charge >= 0.3 is 6.18 Å². The van der Waals surface area contributed by atoms with E-state index >= 15 is 0 Å². The van der Waals surface area contributed by atoms with Crippen molar-refractivity contribution in [1.82, 2.24) is 4.98 Å². The molecule has 0 atom stereocenters. The first-order chi connectivity index (χ1) is 7.29. The highest BCUT2D eigenvalue weighted by atomic mass is 19.4. The highest BCUT2D eigenvalue weighted by molar-refractivity contribution is 5.48. The first kappa shape index (κ1) is 12.2. The summed E-state index contributed by atoms with van der Waals surface area (Å²) in [5, 5.41) is 17.4. The van der Waals surface area contributed by atoms with Gasteiger partial charge in [0.15, 0.2) is 11.4 Å². The van der Waals surface area contributed by atoms with Crippen molar-refractivity contribution in [2.24, 2.45) is 0 Å². The Hall–Kier alpha value is -1.91. The maximum absolute atomic E-state index is 12.3. The van der Waals surface area contributed by atoms with Crippen LogP contribution in [0.3, 0.4) is 0 Å². The van der Waals surface area contributed by atoms with Crippen molar-refractivity contribution in [1.29, 1.82) is 5.26 Å². The van der Waals surface area contributed by atoms with Crippen LogP contribution in [0.5, 0.6) is 5.75 Å². The van der Waals surface area contributed by atoms with Gasteiger partial charge in [-0.05, 0) is 0 Å². The Morgan fingerprint density at radius 2 is 1.94 bits per heavy atom. The number of alkyl halides is 5. The lowest BCUT2D eigenvalue weighted by atomic mass is 10.1. The Kier molecular flexibility index (Phi) is 2.98. The number of aromatic nitrogens is 1. The molecule has 0 aromatic carbocycles. The van der Waals surface area contributed by atoms with Gasteiger partial charge in [-0.2, -0.15) is 18.4 Å². The third-order valence-electron chi connectivity index (χ3n) is 1.72. The van der Waals surface area contributed by atoms with Crippen molar-refractivity contribution in [3.05, 3.63) is 23.0 Å². The van der Waals surface area contributed by atoms with Crippen LogP contribution >= 0.6 is 0 Å². The Balaban J connectivity index is 3.55. The second-order valence-electron chi connectivity index (χ2n) is 2.69. The van der Waals surface area contributed by atoms with E-state index in [0.29, 0.717) is 0 Å². The minimum absolute atomic E-state index is 0.0970. The smallest absolute Gasteiger partial charge is 0.418 e. The molecule has 0 spiro atoms. The molecular weight excluding hydrogens is 235 g/mol. The van der Waals surface area contributed by atoms with Crippen LogP contribution in [0.25, 0.3) is 0 Å². The topological polar surface area (TPSA) is 56.9 Å². The Morgan fingerprint density at radius 3 is 2.31 bits per heavy atom. The second-order valence-corrected chi connectivity index (χ2v) is 2.69. The van der Waals surface area contributed by atoms with E-state index in [1.807, 2.05) is 0 Å². The number of pyridine rings is 1. The van der Waals surface area contributed by atoms with E-state index in [4.69, 9.17) is 10.4 Å². The summed E-state index contributed by atoms with van der Waals surface area (Å²) in [5.41, 5.74) is -4.25. The van der Waals surface area contributed by atoms with Crippen molar-refractivity contribution in [2.75, 3.05) is 0 Å². The number of nitrogens with zero attached hydrogens (tertiary/aromatic N) is 2. The summed E-state index contributed by atoms with van der Waals surface area (Å²) in [4.78, 5) is 2.94. The van der Waals surface area contributed by atoms with Crippen LogP contribution in [-0.2, 0) is 6.18 Å². The van der Waals surface area contributed by atoms with E-state index in [-0.39, 0.29) is 6.20 Å². The fourth-order valence-electron chi connectivity index (χ4n) is 1.04. The van der Waals surface area contributed by atoms with Crippen LogP contribution in [-0.4, -0.2) is 10.1 Å². The van der Waals surface area contributed by atoms with Crippen molar-refractivity contribution < 1.29 is 27.1 Å². The van der Waals surface area contributed by atoms with Gasteiger partial charge in [-0.3, -0.25) is 0 Å². The van der Waals surface area contributed by atoms with Gasteiger partial charge < -0.3 is 5.11 Å². The number of hydrogen-bond acceptors (Lipinski definition) is 3. The summed E-state index contributed by atoms with van der Waals surface area (Å²) in [5.74, 6) is -1.44. The van der Waals surface area contributed by atoms with Crippen LogP contribution in [0.4, 0.5) is 22.0 Å². The van der Waals surface area contributed by atoms with Crippen LogP contribution in [0.1, 0.15) is 23.2 Å². The average molecular weight is 238 g/mol. The van der Waals surface area contributed by atoms with E-state index in [2.05, 4.69) is 4.98 Å². The number of rotatable bonds is 1. The van der Waals surface area contributed by atoms with Crippen LogP contribution < -0.4 is 0 Å². The second kappa shape index (κ2) is 3.92. The van der Waals surface area contributed by atoms with Gasteiger partial charge in [0.1, 0.15) is 6.07 Å². The van der Waals surface area contributed by atoms with Gasteiger partial charge in [0.2, 0.25) is 0 Å². The fraction of sp³-hybridized carbons (Fsp3) is 0.250. The molecule has 0 saturated heterocycles. The molecule has 0 unspecified atom stereocenters. The Bertz CT molecular complexity index is 449.